The Kier molecular flexibility index (Phi) is 4.86. The highest BCUT2D eigenvalue weighted by Crippen LogP contribution is 2.22. The Balaban J connectivity index is 1.97. The number of amides is 1. The van der Waals surface area contributed by atoms with E-state index in [2.05, 4.69) is 10.6 Å². The lowest BCUT2D eigenvalue weighted by Gasteiger charge is -2.12. The third-order valence-corrected chi connectivity index (χ3v) is 3.77. The van der Waals surface area contributed by atoms with E-state index in [1.807, 2.05) is 57.2 Å². The Bertz CT molecular complexity index is 668. The molecule has 0 saturated carbocycles. The van der Waals surface area contributed by atoms with Crippen LogP contribution in [0.3, 0.4) is 0 Å². The first kappa shape index (κ1) is 15.4. The maximum Gasteiger partial charge on any atom is 0.243 e. The molecule has 0 unspecified atom stereocenters. The molecule has 21 heavy (non-hydrogen) atoms. The third kappa shape index (κ3) is 3.99. The molecule has 0 aliphatic heterocycles. The first-order valence-corrected chi connectivity index (χ1v) is 7.21. The molecular weight excluding hydrogens is 284 g/mol. The van der Waals surface area contributed by atoms with Crippen molar-refractivity contribution < 1.29 is 4.79 Å². The van der Waals surface area contributed by atoms with Gasteiger partial charge >= 0.3 is 0 Å². The molecule has 0 saturated heterocycles. The number of aryl methyl sites for hydroxylation is 2. The minimum atomic E-state index is -0.0821. The molecule has 0 aliphatic rings. The van der Waals surface area contributed by atoms with Gasteiger partial charge in [0.25, 0.3) is 0 Å². The molecule has 3 nitrogen and oxygen atoms in total. The van der Waals surface area contributed by atoms with Crippen LogP contribution in [0.15, 0.2) is 36.4 Å². The average molecular weight is 303 g/mol. The minimum absolute atomic E-state index is 0.0821. The Morgan fingerprint density at radius 1 is 1.10 bits per heavy atom. The molecule has 0 radical (unpaired) electrons. The predicted octanol–water partition coefficient (Wildman–Crippen LogP) is 4.32. The zero-order chi connectivity index (χ0) is 15.4. The van der Waals surface area contributed by atoms with Gasteiger partial charge in [0.2, 0.25) is 5.91 Å². The van der Waals surface area contributed by atoms with Gasteiger partial charge in [-0.1, -0.05) is 35.4 Å². The molecule has 0 bridgehead atoms. The molecule has 2 aromatic carbocycles. The van der Waals surface area contributed by atoms with Crippen LogP contribution in [0.2, 0.25) is 5.02 Å². The third-order valence-electron chi connectivity index (χ3n) is 3.36. The van der Waals surface area contributed by atoms with E-state index in [1.165, 1.54) is 5.56 Å². The summed E-state index contributed by atoms with van der Waals surface area (Å²) in [4.78, 5) is 12.0. The van der Waals surface area contributed by atoms with Gasteiger partial charge in [0.1, 0.15) is 0 Å². The van der Waals surface area contributed by atoms with Crippen LogP contribution in [-0.4, -0.2) is 12.5 Å². The van der Waals surface area contributed by atoms with Crippen molar-refractivity contribution in [3.05, 3.63) is 58.1 Å². The summed E-state index contributed by atoms with van der Waals surface area (Å²) in [6.45, 7) is 6.14. The molecule has 0 atom stereocenters. The molecule has 0 fully saturated rings. The molecule has 2 aromatic rings. The smallest absolute Gasteiger partial charge is 0.243 e. The molecule has 2 N–H and O–H groups in total. The van der Waals surface area contributed by atoms with Crippen LogP contribution in [0.5, 0.6) is 0 Å². The average Bonchev–Trinajstić information content (AvgIpc) is 2.43. The molecule has 4 heteroatoms. The predicted molar refractivity (Wildman–Crippen MR) is 89.2 cm³/mol. The van der Waals surface area contributed by atoms with E-state index in [4.69, 9.17) is 11.6 Å². The van der Waals surface area contributed by atoms with Crippen molar-refractivity contribution in [2.75, 3.05) is 17.2 Å². The van der Waals surface area contributed by atoms with Crippen molar-refractivity contribution in [1.82, 2.24) is 0 Å². The lowest BCUT2D eigenvalue weighted by molar-refractivity contribution is -0.114. The molecule has 110 valence electrons. The van der Waals surface area contributed by atoms with Gasteiger partial charge in [-0.3, -0.25) is 4.79 Å². The van der Waals surface area contributed by atoms with E-state index in [1.54, 1.807) is 0 Å². The van der Waals surface area contributed by atoms with E-state index in [9.17, 15) is 4.79 Å². The number of halogens is 1. The van der Waals surface area contributed by atoms with Crippen molar-refractivity contribution in [1.29, 1.82) is 0 Å². The van der Waals surface area contributed by atoms with Gasteiger partial charge in [-0.05, 0) is 50.1 Å². The lowest BCUT2D eigenvalue weighted by Crippen LogP contribution is -2.22. The molecular formula is C17H19ClN2O. The van der Waals surface area contributed by atoms with Crippen LogP contribution in [0.4, 0.5) is 11.4 Å². The second-order valence-corrected chi connectivity index (χ2v) is 5.54. The fourth-order valence-corrected chi connectivity index (χ4v) is 2.30. The van der Waals surface area contributed by atoms with E-state index < -0.39 is 0 Å². The van der Waals surface area contributed by atoms with E-state index in [0.717, 1.165) is 22.5 Å². The van der Waals surface area contributed by atoms with Crippen molar-refractivity contribution >= 4 is 28.9 Å². The van der Waals surface area contributed by atoms with Gasteiger partial charge in [0, 0.05) is 16.4 Å². The van der Waals surface area contributed by atoms with Crippen LogP contribution in [0, 0.1) is 20.8 Å². The molecule has 1 amide bonds. The number of rotatable bonds is 4. The summed E-state index contributed by atoms with van der Waals surface area (Å²) < 4.78 is 0. The van der Waals surface area contributed by atoms with Gasteiger partial charge in [-0.15, -0.1) is 0 Å². The van der Waals surface area contributed by atoms with E-state index >= 15 is 0 Å². The summed E-state index contributed by atoms with van der Waals surface area (Å²) in [7, 11) is 0. The summed E-state index contributed by atoms with van der Waals surface area (Å²) in [5.41, 5.74) is 4.90. The summed E-state index contributed by atoms with van der Waals surface area (Å²) in [5, 5.41) is 6.71. The van der Waals surface area contributed by atoms with Gasteiger partial charge in [-0.2, -0.15) is 0 Å². The number of hydrogen-bond acceptors (Lipinski definition) is 2. The van der Waals surface area contributed by atoms with Gasteiger partial charge < -0.3 is 10.6 Å². The topological polar surface area (TPSA) is 41.1 Å². The number of benzene rings is 2. The fourth-order valence-electron chi connectivity index (χ4n) is 2.12. The lowest BCUT2D eigenvalue weighted by atomic mass is 10.1. The van der Waals surface area contributed by atoms with Gasteiger partial charge in [-0.25, -0.2) is 0 Å². The molecule has 0 heterocycles. The summed E-state index contributed by atoms with van der Waals surface area (Å²) >= 11 is 6.05. The highest BCUT2D eigenvalue weighted by Gasteiger charge is 2.07. The second-order valence-electron chi connectivity index (χ2n) is 5.13. The number of nitrogens with one attached hydrogen (secondary N) is 2. The molecule has 0 aliphatic carbocycles. The Labute approximate surface area is 130 Å². The number of anilines is 2. The van der Waals surface area contributed by atoms with Crippen LogP contribution < -0.4 is 10.6 Å². The first-order chi connectivity index (χ1) is 9.97. The second kappa shape index (κ2) is 6.64. The zero-order valence-corrected chi connectivity index (χ0v) is 13.2. The maximum absolute atomic E-state index is 12.0. The Morgan fingerprint density at radius 2 is 1.86 bits per heavy atom. The van der Waals surface area contributed by atoms with Crippen molar-refractivity contribution in [3.8, 4) is 0 Å². The van der Waals surface area contributed by atoms with Crippen molar-refractivity contribution in [3.63, 3.8) is 0 Å². The van der Waals surface area contributed by atoms with E-state index in [0.29, 0.717) is 5.02 Å². The van der Waals surface area contributed by atoms with Crippen LogP contribution in [0.25, 0.3) is 0 Å². The SMILES string of the molecule is Cc1ccc(NC(=O)CNc2cccc(Cl)c2C)c(C)c1. The number of carbonyl (C=O) groups excluding carboxylic acids is 1. The summed E-state index contributed by atoms with van der Waals surface area (Å²) in [6.07, 6.45) is 0. The van der Waals surface area contributed by atoms with Crippen molar-refractivity contribution in [2.45, 2.75) is 20.8 Å². The molecule has 0 spiro atoms. The molecule has 0 aromatic heterocycles. The largest absolute Gasteiger partial charge is 0.376 e. The highest BCUT2D eigenvalue weighted by molar-refractivity contribution is 6.31. The molecule has 2 rings (SSSR count). The van der Waals surface area contributed by atoms with Gasteiger partial charge in [0.15, 0.2) is 0 Å². The number of carbonyl (C=O) groups is 1. The highest BCUT2D eigenvalue weighted by atomic mass is 35.5. The fraction of sp³-hybridized carbons (Fsp3) is 0.235. The normalized spacial score (nSPS) is 10.3. The maximum atomic E-state index is 12.0. The quantitative estimate of drug-likeness (QED) is 0.883. The van der Waals surface area contributed by atoms with E-state index in [-0.39, 0.29) is 12.5 Å². The first-order valence-electron chi connectivity index (χ1n) is 6.83. The monoisotopic (exact) mass is 302 g/mol. The zero-order valence-electron chi connectivity index (χ0n) is 12.5. The summed E-state index contributed by atoms with van der Waals surface area (Å²) in [5.74, 6) is -0.0821. The standard InChI is InChI=1S/C17H19ClN2O/c1-11-7-8-15(12(2)9-11)20-17(21)10-19-16-6-4-5-14(18)13(16)3/h4-9,19H,10H2,1-3H3,(H,20,21). The van der Waals surface area contributed by atoms with Crippen molar-refractivity contribution in [2.24, 2.45) is 0 Å². The van der Waals surface area contributed by atoms with Crippen LogP contribution in [0.1, 0.15) is 16.7 Å². The summed E-state index contributed by atoms with van der Waals surface area (Å²) in [6, 6.07) is 11.6. The minimum Gasteiger partial charge on any atom is -0.376 e. The van der Waals surface area contributed by atoms with Gasteiger partial charge in [0.05, 0.1) is 6.54 Å². The number of hydrogen-bond donors (Lipinski definition) is 2. The Morgan fingerprint density at radius 3 is 2.57 bits per heavy atom. The van der Waals surface area contributed by atoms with Crippen LogP contribution >= 0.6 is 11.6 Å². The van der Waals surface area contributed by atoms with Crippen LogP contribution in [-0.2, 0) is 4.79 Å². The Hall–Kier alpha value is -2.00.